The number of hydrogen-bond donors (Lipinski definition) is 2. The zero-order valence-corrected chi connectivity index (χ0v) is 15.8. The predicted molar refractivity (Wildman–Crippen MR) is 102 cm³/mol. The molecule has 1 saturated carbocycles. The van der Waals surface area contributed by atoms with Crippen LogP contribution >= 0.6 is 0 Å². The van der Waals surface area contributed by atoms with Gasteiger partial charge >= 0.3 is 0 Å². The highest BCUT2D eigenvalue weighted by molar-refractivity contribution is 5.21. The molecule has 0 amide bonds. The van der Waals surface area contributed by atoms with Crippen LogP contribution in [0.3, 0.4) is 0 Å². The number of H-pyrrole nitrogens is 1. The minimum absolute atomic E-state index is 0.0942. The predicted octanol–water partition coefficient (Wildman–Crippen LogP) is 3.65. The molecule has 4 rings (SSSR count). The maximum atomic E-state index is 6.32. The largest absolute Gasteiger partial charge is 0.375 e. The molecular weight excluding hydrogens is 324 g/mol. The van der Waals surface area contributed by atoms with E-state index in [1.807, 2.05) is 18.5 Å². The fourth-order valence-corrected chi connectivity index (χ4v) is 4.90. The van der Waals surface area contributed by atoms with E-state index in [2.05, 4.69) is 34.6 Å². The van der Waals surface area contributed by atoms with Gasteiger partial charge in [0, 0.05) is 41.7 Å². The Balaban J connectivity index is 1.47. The van der Waals surface area contributed by atoms with Crippen molar-refractivity contribution in [3.05, 3.63) is 47.5 Å². The number of pyridine rings is 1. The summed E-state index contributed by atoms with van der Waals surface area (Å²) in [5.41, 5.74) is 3.86. The molecular formula is C21H30N4O. The monoisotopic (exact) mass is 354 g/mol. The Kier molecular flexibility index (Phi) is 5.09. The first-order chi connectivity index (χ1) is 12.7. The average molecular weight is 354 g/mol. The van der Waals surface area contributed by atoms with Crippen LogP contribution in [-0.2, 0) is 16.7 Å². The summed E-state index contributed by atoms with van der Waals surface area (Å²) >= 11 is 0. The van der Waals surface area contributed by atoms with E-state index in [9.17, 15) is 0 Å². The maximum Gasteiger partial charge on any atom is 0.0691 e. The second-order valence-electron chi connectivity index (χ2n) is 8.11. The molecule has 140 valence electrons. The molecule has 3 heterocycles. The highest BCUT2D eigenvalue weighted by Crippen LogP contribution is 2.49. The molecule has 1 unspecified atom stereocenters. The van der Waals surface area contributed by atoms with E-state index < -0.39 is 0 Å². The molecule has 5 nitrogen and oxygen atoms in total. The van der Waals surface area contributed by atoms with E-state index in [1.54, 1.807) is 0 Å². The van der Waals surface area contributed by atoms with Gasteiger partial charge in [-0.3, -0.25) is 10.1 Å². The van der Waals surface area contributed by atoms with Crippen LogP contribution in [0.4, 0.5) is 0 Å². The van der Waals surface area contributed by atoms with Crippen LogP contribution in [0.25, 0.3) is 0 Å². The SMILES string of the molecule is Cc1[nH]ncc1CNCCC1(c2ccccn2)CCOC2(CCCC2)C1. The highest BCUT2D eigenvalue weighted by atomic mass is 16.5. The molecule has 2 aromatic heterocycles. The number of rotatable bonds is 6. The van der Waals surface area contributed by atoms with Gasteiger partial charge in [0.2, 0.25) is 0 Å². The normalized spacial score (nSPS) is 25.0. The van der Waals surface area contributed by atoms with Gasteiger partial charge in [0.1, 0.15) is 0 Å². The van der Waals surface area contributed by atoms with E-state index in [-0.39, 0.29) is 11.0 Å². The Labute approximate surface area is 156 Å². The zero-order valence-electron chi connectivity index (χ0n) is 15.8. The van der Waals surface area contributed by atoms with Crippen LogP contribution in [0.1, 0.15) is 61.9 Å². The number of hydrogen-bond acceptors (Lipinski definition) is 4. The molecule has 5 heteroatoms. The Morgan fingerprint density at radius 2 is 2.12 bits per heavy atom. The van der Waals surface area contributed by atoms with Gasteiger partial charge in [-0.05, 0) is 57.7 Å². The van der Waals surface area contributed by atoms with Crippen LogP contribution in [0.2, 0.25) is 0 Å². The average Bonchev–Trinajstić information content (AvgIpc) is 3.29. The summed E-state index contributed by atoms with van der Waals surface area (Å²) < 4.78 is 6.32. The number of aromatic nitrogens is 3. The van der Waals surface area contributed by atoms with Gasteiger partial charge in [0.25, 0.3) is 0 Å². The number of nitrogens with one attached hydrogen (secondary N) is 2. The fourth-order valence-electron chi connectivity index (χ4n) is 4.90. The lowest BCUT2D eigenvalue weighted by molar-refractivity contribution is -0.104. The molecule has 2 aliphatic rings. The first-order valence-corrected chi connectivity index (χ1v) is 9.97. The molecule has 2 aromatic rings. The lowest BCUT2D eigenvalue weighted by Crippen LogP contribution is -2.47. The van der Waals surface area contributed by atoms with Gasteiger partial charge in [-0.1, -0.05) is 18.9 Å². The fraction of sp³-hybridized carbons (Fsp3) is 0.619. The zero-order chi connectivity index (χ0) is 17.9. The highest BCUT2D eigenvalue weighted by Gasteiger charge is 2.48. The third kappa shape index (κ3) is 3.55. The van der Waals surface area contributed by atoms with Crippen LogP contribution in [0.15, 0.2) is 30.6 Å². The molecule has 0 radical (unpaired) electrons. The Bertz CT molecular complexity index is 708. The number of aromatic amines is 1. The van der Waals surface area contributed by atoms with Crippen LogP contribution < -0.4 is 5.32 Å². The van der Waals surface area contributed by atoms with E-state index in [4.69, 9.17) is 9.72 Å². The maximum absolute atomic E-state index is 6.32. The number of aryl methyl sites for hydroxylation is 1. The molecule has 26 heavy (non-hydrogen) atoms. The van der Waals surface area contributed by atoms with Crippen molar-refractivity contribution in [2.24, 2.45) is 0 Å². The molecule has 1 aliphatic carbocycles. The van der Waals surface area contributed by atoms with Crippen molar-refractivity contribution in [1.82, 2.24) is 20.5 Å². The lowest BCUT2D eigenvalue weighted by atomic mass is 9.68. The summed E-state index contributed by atoms with van der Waals surface area (Å²) in [5.74, 6) is 0. The van der Waals surface area contributed by atoms with Crippen molar-refractivity contribution in [3.63, 3.8) is 0 Å². The number of ether oxygens (including phenoxy) is 1. The third-order valence-electron chi connectivity index (χ3n) is 6.40. The standard InChI is InChI=1S/C21H30N4O/c1-17-18(15-24-25-17)14-22-12-9-20(19-6-2-5-11-23-19)10-13-26-21(16-20)7-3-4-8-21/h2,5-6,11,15,22H,3-4,7-10,12-14,16H2,1H3,(H,24,25). The lowest BCUT2D eigenvalue weighted by Gasteiger charge is -2.46. The van der Waals surface area contributed by atoms with E-state index in [0.717, 1.165) is 44.7 Å². The van der Waals surface area contributed by atoms with Crippen molar-refractivity contribution in [1.29, 1.82) is 0 Å². The van der Waals surface area contributed by atoms with E-state index >= 15 is 0 Å². The Morgan fingerprint density at radius 3 is 2.85 bits per heavy atom. The van der Waals surface area contributed by atoms with Crippen molar-refractivity contribution in [3.8, 4) is 0 Å². The van der Waals surface area contributed by atoms with E-state index in [0.29, 0.717) is 0 Å². The number of nitrogens with zero attached hydrogens (tertiary/aromatic N) is 2. The molecule has 2 fully saturated rings. The third-order valence-corrected chi connectivity index (χ3v) is 6.40. The van der Waals surface area contributed by atoms with E-state index in [1.165, 1.54) is 36.9 Å². The summed E-state index contributed by atoms with van der Waals surface area (Å²) in [6.07, 6.45) is 12.2. The quantitative estimate of drug-likeness (QED) is 0.777. The topological polar surface area (TPSA) is 62.8 Å². The van der Waals surface area contributed by atoms with Crippen LogP contribution in [0, 0.1) is 6.92 Å². The second-order valence-corrected chi connectivity index (χ2v) is 8.11. The molecule has 1 saturated heterocycles. The van der Waals surface area contributed by atoms with Crippen molar-refractivity contribution >= 4 is 0 Å². The molecule has 2 N–H and O–H groups in total. The Morgan fingerprint density at radius 1 is 1.23 bits per heavy atom. The molecule has 1 spiro atoms. The summed E-state index contributed by atoms with van der Waals surface area (Å²) in [4.78, 5) is 4.77. The summed E-state index contributed by atoms with van der Waals surface area (Å²) in [5, 5.41) is 10.7. The van der Waals surface area contributed by atoms with Gasteiger partial charge < -0.3 is 10.1 Å². The van der Waals surface area contributed by atoms with Crippen molar-refractivity contribution in [2.45, 2.75) is 69.4 Å². The minimum atomic E-state index is 0.0942. The van der Waals surface area contributed by atoms with Gasteiger partial charge in [-0.25, -0.2) is 0 Å². The summed E-state index contributed by atoms with van der Waals surface area (Å²) in [6, 6.07) is 6.36. The molecule has 1 atom stereocenters. The smallest absolute Gasteiger partial charge is 0.0691 e. The van der Waals surface area contributed by atoms with Gasteiger partial charge in [0.05, 0.1) is 11.8 Å². The minimum Gasteiger partial charge on any atom is -0.375 e. The molecule has 0 bridgehead atoms. The first kappa shape index (κ1) is 17.7. The van der Waals surface area contributed by atoms with Gasteiger partial charge in [-0.2, -0.15) is 5.10 Å². The van der Waals surface area contributed by atoms with Crippen molar-refractivity contribution in [2.75, 3.05) is 13.2 Å². The van der Waals surface area contributed by atoms with Gasteiger partial charge in [0.15, 0.2) is 0 Å². The summed E-state index contributed by atoms with van der Waals surface area (Å²) in [6.45, 7) is 4.78. The second kappa shape index (κ2) is 7.49. The van der Waals surface area contributed by atoms with Crippen LogP contribution in [0.5, 0.6) is 0 Å². The van der Waals surface area contributed by atoms with Crippen molar-refractivity contribution < 1.29 is 4.74 Å². The molecule has 1 aliphatic heterocycles. The first-order valence-electron chi connectivity index (χ1n) is 9.97. The van der Waals surface area contributed by atoms with Crippen LogP contribution in [-0.4, -0.2) is 33.9 Å². The van der Waals surface area contributed by atoms with Gasteiger partial charge in [-0.15, -0.1) is 0 Å². The summed E-state index contributed by atoms with van der Waals surface area (Å²) in [7, 11) is 0. The molecule has 0 aromatic carbocycles. The Hall–Kier alpha value is -1.72.